The molecule has 5 nitrogen and oxygen atoms in total. The monoisotopic (exact) mass is 450 g/mol. The van der Waals surface area contributed by atoms with Gasteiger partial charge in [0.1, 0.15) is 17.2 Å². The number of rotatable bonds is 8. The summed E-state index contributed by atoms with van der Waals surface area (Å²) in [5.41, 5.74) is -3.10. The van der Waals surface area contributed by atoms with Gasteiger partial charge >= 0.3 is 6.18 Å². The predicted octanol–water partition coefficient (Wildman–Crippen LogP) is 4.51. The number of benzene rings is 1. The lowest BCUT2D eigenvalue weighted by molar-refractivity contribution is -0.137. The van der Waals surface area contributed by atoms with E-state index >= 15 is 0 Å². The third-order valence-electron chi connectivity index (χ3n) is 3.78. The third kappa shape index (κ3) is 7.40. The highest BCUT2D eigenvalue weighted by atomic mass is 31.0. The van der Waals surface area contributed by atoms with Gasteiger partial charge in [0.2, 0.25) is 0 Å². The Bertz CT molecular complexity index is 870. The van der Waals surface area contributed by atoms with Crippen molar-refractivity contribution in [2.45, 2.75) is 31.7 Å². The number of aromatic nitrogens is 1. The number of hydrogen-bond donors (Lipinski definition) is 1. The molecule has 0 saturated carbocycles. The van der Waals surface area contributed by atoms with Crippen LogP contribution in [0.5, 0.6) is 11.5 Å². The van der Waals surface area contributed by atoms with Gasteiger partial charge in [-0.25, -0.2) is 0 Å². The van der Waals surface area contributed by atoms with Crippen molar-refractivity contribution in [1.82, 2.24) is 10.3 Å². The van der Waals surface area contributed by atoms with Crippen LogP contribution < -0.4 is 14.8 Å². The first-order valence-electron chi connectivity index (χ1n) is 8.71. The molecule has 1 aromatic heterocycles. The van der Waals surface area contributed by atoms with Crippen LogP contribution in [0.2, 0.25) is 0 Å². The van der Waals surface area contributed by atoms with E-state index in [4.69, 9.17) is 9.47 Å². The van der Waals surface area contributed by atoms with Crippen molar-refractivity contribution in [2.24, 2.45) is 0 Å². The SMILES string of the molecule is Cc1ccc(OCC(F)(F)P)c(C(C)NC(=O)COc2ccc(C(F)(F)F)cc2)n1. The van der Waals surface area contributed by atoms with Gasteiger partial charge in [0.15, 0.2) is 13.2 Å². The molecular weight excluding hydrogens is 430 g/mol. The Morgan fingerprint density at radius 1 is 1.10 bits per heavy atom. The second kappa shape index (κ2) is 9.55. The molecule has 0 aliphatic heterocycles. The van der Waals surface area contributed by atoms with Crippen molar-refractivity contribution in [3.05, 3.63) is 53.3 Å². The van der Waals surface area contributed by atoms with Gasteiger partial charge in [-0.15, -0.1) is 0 Å². The first-order chi connectivity index (χ1) is 13.8. The van der Waals surface area contributed by atoms with Crippen LogP contribution in [0.3, 0.4) is 0 Å². The van der Waals surface area contributed by atoms with E-state index in [1.165, 1.54) is 15.3 Å². The highest BCUT2D eigenvalue weighted by Gasteiger charge is 2.30. The fraction of sp³-hybridized carbons (Fsp3) is 0.368. The number of halogens is 5. The first kappa shape index (κ1) is 23.8. The number of amides is 1. The maximum absolute atomic E-state index is 13.1. The molecule has 1 aromatic carbocycles. The number of nitrogens with one attached hydrogen (secondary N) is 1. The molecule has 0 radical (unpaired) electrons. The highest BCUT2D eigenvalue weighted by Crippen LogP contribution is 2.30. The summed E-state index contributed by atoms with van der Waals surface area (Å²) >= 11 is 0. The highest BCUT2D eigenvalue weighted by molar-refractivity contribution is 7.18. The summed E-state index contributed by atoms with van der Waals surface area (Å²) in [7, 11) is 1.37. The number of ether oxygens (including phenoxy) is 2. The quantitative estimate of drug-likeness (QED) is 0.475. The van der Waals surface area contributed by atoms with Gasteiger partial charge in [0, 0.05) is 5.69 Å². The Kier molecular flexibility index (Phi) is 7.58. The molecule has 2 aromatic rings. The molecule has 0 aliphatic rings. The van der Waals surface area contributed by atoms with Crippen LogP contribution in [0.4, 0.5) is 22.0 Å². The Morgan fingerprint density at radius 2 is 1.73 bits per heavy atom. The topological polar surface area (TPSA) is 60.5 Å². The minimum absolute atomic E-state index is 0.0891. The normalized spacial score (nSPS) is 12.9. The maximum atomic E-state index is 13.1. The third-order valence-corrected chi connectivity index (χ3v) is 3.95. The number of alkyl halides is 5. The fourth-order valence-corrected chi connectivity index (χ4v) is 2.49. The van der Waals surface area contributed by atoms with Crippen LogP contribution in [0, 0.1) is 6.92 Å². The first-order valence-corrected chi connectivity index (χ1v) is 9.29. The second-order valence-corrected chi connectivity index (χ2v) is 7.33. The van der Waals surface area contributed by atoms with Crippen molar-refractivity contribution in [2.75, 3.05) is 13.2 Å². The molecule has 1 heterocycles. The number of aryl methyl sites for hydroxylation is 1. The summed E-state index contributed by atoms with van der Waals surface area (Å²) < 4.78 is 74.1. The maximum Gasteiger partial charge on any atom is 0.416 e. The van der Waals surface area contributed by atoms with E-state index in [2.05, 4.69) is 10.3 Å². The van der Waals surface area contributed by atoms with Gasteiger partial charge in [-0.2, -0.15) is 22.0 Å². The van der Waals surface area contributed by atoms with E-state index in [9.17, 15) is 26.7 Å². The van der Waals surface area contributed by atoms with Gasteiger partial charge in [0.05, 0.1) is 11.6 Å². The number of pyridine rings is 1. The fourth-order valence-electron chi connectivity index (χ4n) is 2.41. The van der Waals surface area contributed by atoms with Crippen LogP contribution in [-0.2, 0) is 11.0 Å². The average molecular weight is 450 g/mol. The minimum Gasteiger partial charge on any atom is -0.485 e. The zero-order valence-corrected chi connectivity index (χ0v) is 17.2. The largest absolute Gasteiger partial charge is 0.485 e. The summed E-state index contributed by atoms with van der Waals surface area (Å²) in [6, 6.07) is 6.28. The van der Waals surface area contributed by atoms with Gasteiger partial charge in [-0.1, -0.05) is 9.24 Å². The van der Waals surface area contributed by atoms with Crippen molar-refractivity contribution in [3.8, 4) is 11.5 Å². The summed E-state index contributed by atoms with van der Waals surface area (Å²) in [6.07, 6.45) is -4.47. The molecule has 0 bridgehead atoms. The van der Waals surface area contributed by atoms with Gasteiger partial charge < -0.3 is 14.8 Å². The van der Waals surface area contributed by atoms with Crippen LogP contribution in [-0.4, -0.2) is 29.8 Å². The molecule has 1 N–H and O–H groups in total. The Labute approximate surface area is 172 Å². The number of nitrogens with zero attached hydrogens (tertiary/aromatic N) is 1. The Balaban J connectivity index is 1.97. The van der Waals surface area contributed by atoms with Crippen LogP contribution in [0.15, 0.2) is 36.4 Å². The molecule has 1 amide bonds. The van der Waals surface area contributed by atoms with E-state index in [1.807, 2.05) is 0 Å². The van der Waals surface area contributed by atoms with Gasteiger partial charge in [-0.05, 0) is 50.2 Å². The lowest BCUT2D eigenvalue weighted by atomic mass is 10.1. The van der Waals surface area contributed by atoms with Crippen molar-refractivity contribution < 1.29 is 36.2 Å². The van der Waals surface area contributed by atoms with Crippen LogP contribution >= 0.6 is 9.24 Å². The molecule has 2 unspecified atom stereocenters. The molecule has 30 heavy (non-hydrogen) atoms. The van der Waals surface area contributed by atoms with Crippen LogP contribution in [0.1, 0.15) is 29.9 Å². The molecule has 0 fully saturated rings. The zero-order chi connectivity index (χ0) is 22.5. The zero-order valence-electron chi connectivity index (χ0n) is 16.1. The van der Waals surface area contributed by atoms with E-state index < -0.39 is 42.6 Å². The molecule has 11 heteroatoms. The standard InChI is InChI=1S/C19H20F5N2O3P/c1-11-3-8-15(29-10-18(20,21)30)17(25-11)12(2)26-16(27)9-28-14-6-4-13(5-7-14)19(22,23)24/h3-8,12H,9-10,30H2,1-2H3,(H,26,27). The van der Waals surface area contributed by atoms with E-state index in [-0.39, 0.29) is 17.2 Å². The van der Waals surface area contributed by atoms with E-state index in [0.29, 0.717) is 5.69 Å². The Hall–Kier alpha value is -2.48. The van der Waals surface area contributed by atoms with Crippen molar-refractivity contribution >= 4 is 15.1 Å². The molecule has 0 saturated heterocycles. The summed E-state index contributed by atoms with van der Waals surface area (Å²) in [5, 5.41) is 2.59. The molecule has 0 spiro atoms. The molecular formula is C19H20F5N2O3P. The average Bonchev–Trinajstić information content (AvgIpc) is 2.64. The van der Waals surface area contributed by atoms with Crippen molar-refractivity contribution in [3.63, 3.8) is 0 Å². The summed E-state index contributed by atoms with van der Waals surface area (Å²) in [5.74, 6) is -0.390. The number of hydrogen-bond acceptors (Lipinski definition) is 4. The molecule has 2 atom stereocenters. The van der Waals surface area contributed by atoms with Crippen LogP contribution in [0.25, 0.3) is 0 Å². The van der Waals surface area contributed by atoms with Crippen molar-refractivity contribution in [1.29, 1.82) is 0 Å². The van der Waals surface area contributed by atoms with E-state index in [1.54, 1.807) is 19.9 Å². The lowest BCUT2D eigenvalue weighted by Gasteiger charge is -2.19. The predicted molar refractivity (Wildman–Crippen MR) is 103 cm³/mol. The number of carbonyl (C=O) groups excluding carboxylic acids is 1. The van der Waals surface area contributed by atoms with Gasteiger partial charge in [-0.3, -0.25) is 9.78 Å². The summed E-state index contributed by atoms with van der Waals surface area (Å²) in [6.45, 7) is 1.94. The second-order valence-electron chi connectivity index (χ2n) is 6.49. The van der Waals surface area contributed by atoms with E-state index in [0.717, 1.165) is 24.3 Å². The molecule has 0 aliphatic carbocycles. The minimum atomic E-state index is -4.47. The number of carbonyl (C=O) groups is 1. The lowest BCUT2D eigenvalue weighted by Crippen LogP contribution is -2.32. The summed E-state index contributed by atoms with van der Waals surface area (Å²) in [4.78, 5) is 16.4. The van der Waals surface area contributed by atoms with Gasteiger partial charge in [0.25, 0.3) is 11.6 Å². The Morgan fingerprint density at radius 3 is 2.30 bits per heavy atom. The molecule has 2 rings (SSSR count). The molecule has 164 valence electrons. The smallest absolute Gasteiger partial charge is 0.416 e.